The van der Waals surface area contributed by atoms with Crippen LogP contribution in [0.3, 0.4) is 0 Å². The first kappa shape index (κ1) is 15.7. The van der Waals surface area contributed by atoms with Crippen molar-refractivity contribution in [3.05, 3.63) is 38.2 Å². The summed E-state index contributed by atoms with van der Waals surface area (Å²) in [7, 11) is -3.42. The second kappa shape index (κ2) is 6.82. The van der Waals surface area contributed by atoms with Crippen LogP contribution >= 0.6 is 22.7 Å². The maximum atomic E-state index is 12.2. The highest BCUT2D eigenvalue weighted by molar-refractivity contribution is 7.89. The molecule has 0 fully saturated rings. The van der Waals surface area contributed by atoms with E-state index in [-0.39, 0.29) is 0 Å². The molecule has 0 saturated heterocycles. The Balaban J connectivity index is 2.03. The van der Waals surface area contributed by atoms with Crippen LogP contribution in [0, 0.1) is 6.92 Å². The Labute approximate surface area is 127 Å². The molecular weight excluding hydrogens is 312 g/mol. The minimum absolute atomic E-state index is 0.351. The predicted molar refractivity (Wildman–Crippen MR) is 84.8 cm³/mol. The van der Waals surface area contributed by atoms with E-state index in [9.17, 15) is 8.42 Å². The molecule has 2 rings (SSSR count). The molecule has 0 aliphatic rings. The first-order valence-corrected chi connectivity index (χ1v) is 9.58. The summed E-state index contributed by atoms with van der Waals surface area (Å²) < 4.78 is 27.1. The van der Waals surface area contributed by atoms with Crippen molar-refractivity contribution in [2.24, 2.45) is 0 Å². The van der Waals surface area contributed by atoms with E-state index < -0.39 is 10.0 Å². The summed E-state index contributed by atoms with van der Waals surface area (Å²) in [5.74, 6) is 0. The van der Waals surface area contributed by atoms with Crippen LogP contribution in [0.1, 0.15) is 22.2 Å². The third-order valence-electron chi connectivity index (χ3n) is 2.88. The van der Waals surface area contributed by atoms with Crippen molar-refractivity contribution in [1.29, 1.82) is 0 Å². The smallest absolute Gasteiger partial charge is 0.241 e. The zero-order chi connectivity index (χ0) is 14.6. The predicted octanol–water partition coefficient (Wildman–Crippen LogP) is 2.71. The van der Waals surface area contributed by atoms with Crippen LogP contribution in [-0.2, 0) is 23.1 Å². The molecule has 0 aliphatic heterocycles. The van der Waals surface area contributed by atoms with Gasteiger partial charge in [0.15, 0.2) is 0 Å². The maximum absolute atomic E-state index is 12.2. The third-order valence-corrected chi connectivity index (χ3v) is 6.37. The van der Waals surface area contributed by atoms with Gasteiger partial charge in [0, 0.05) is 28.2 Å². The molecule has 2 heterocycles. The van der Waals surface area contributed by atoms with E-state index in [2.05, 4.69) is 10.0 Å². The molecule has 2 N–H and O–H groups in total. The number of nitrogens with one attached hydrogen (secondary N) is 2. The monoisotopic (exact) mass is 330 g/mol. The zero-order valence-corrected chi connectivity index (χ0v) is 13.9. The van der Waals surface area contributed by atoms with Crippen molar-refractivity contribution in [3.63, 3.8) is 0 Å². The second-order valence-corrected chi connectivity index (χ2v) is 8.14. The van der Waals surface area contributed by atoms with E-state index in [4.69, 9.17) is 0 Å². The van der Waals surface area contributed by atoms with Gasteiger partial charge in [-0.25, -0.2) is 13.1 Å². The molecule has 110 valence electrons. The van der Waals surface area contributed by atoms with Gasteiger partial charge in [0.25, 0.3) is 0 Å². The van der Waals surface area contributed by atoms with Crippen molar-refractivity contribution in [2.75, 3.05) is 6.54 Å². The van der Waals surface area contributed by atoms with Gasteiger partial charge in [-0.05, 0) is 36.5 Å². The van der Waals surface area contributed by atoms with Gasteiger partial charge in [0.2, 0.25) is 10.0 Å². The Kier molecular flexibility index (Phi) is 5.34. The van der Waals surface area contributed by atoms with Crippen LogP contribution in [0.2, 0.25) is 0 Å². The van der Waals surface area contributed by atoms with E-state index in [0.29, 0.717) is 18.0 Å². The topological polar surface area (TPSA) is 58.2 Å². The van der Waals surface area contributed by atoms with Gasteiger partial charge in [-0.1, -0.05) is 6.92 Å². The molecule has 20 heavy (non-hydrogen) atoms. The molecular formula is C13H18N2O2S3. The molecule has 0 bridgehead atoms. The molecule has 4 nitrogen and oxygen atoms in total. The number of hydrogen-bond acceptors (Lipinski definition) is 5. The van der Waals surface area contributed by atoms with E-state index in [1.165, 1.54) is 11.3 Å². The van der Waals surface area contributed by atoms with E-state index in [1.54, 1.807) is 22.8 Å². The van der Waals surface area contributed by atoms with Crippen molar-refractivity contribution in [3.8, 4) is 0 Å². The van der Waals surface area contributed by atoms with E-state index in [1.807, 2.05) is 25.3 Å². The summed E-state index contributed by atoms with van der Waals surface area (Å²) in [5, 5.41) is 6.85. The molecule has 2 aromatic heterocycles. The second-order valence-electron chi connectivity index (χ2n) is 4.38. The largest absolute Gasteiger partial charge is 0.312 e. The van der Waals surface area contributed by atoms with Crippen molar-refractivity contribution in [2.45, 2.75) is 31.8 Å². The lowest BCUT2D eigenvalue weighted by Gasteiger charge is -2.04. The van der Waals surface area contributed by atoms with Crippen LogP contribution in [0.5, 0.6) is 0 Å². The molecule has 0 unspecified atom stereocenters. The van der Waals surface area contributed by atoms with Gasteiger partial charge in [0.1, 0.15) is 0 Å². The van der Waals surface area contributed by atoms with Crippen LogP contribution < -0.4 is 10.0 Å². The average Bonchev–Trinajstić information content (AvgIpc) is 3.03. The number of sulfonamides is 1. The normalized spacial score (nSPS) is 11.9. The van der Waals surface area contributed by atoms with Gasteiger partial charge in [-0.15, -0.1) is 22.7 Å². The zero-order valence-electron chi connectivity index (χ0n) is 11.5. The Morgan fingerprint density at radius 3 is 2.70 bits per heavy atom. The Bertz CT molecular complexity index is 659. The summed E-state index contributed by atoms with van der Waals surface area (Å²) in [5.41, 5.74) is 1.12. The van der Waals surface area contributed by atoms with Crippen LogP contribution in [0.25, 0.3) is 0 Å². The molecule has 0 aliphatic carbocycles. The third kappa shape index (κ3) is 3.89. The van der Waals surface area contributed by atoms with Crippen LogP contribution in [0.4, 0.5) is 0 Å². The fraction of sp³-hybridized carbons (Fsp3) is 0.385. The Hall–Kier alpha value is -0.730. The number of hydrogen-bond donors (Lipinski definition) is 2. The average molecular weight is 331 g/mol. The fourth-order valence-electron chi connectivity index (χ4n) is 1.67. The minimum Gasteiger partial charge on any atom is -0.312 e. The fourth-order valence-corrected chi connectivity index (χ4v) is 4.85. The number of rotatable bonds is 7. The van der Waals surface area contributed by atoms with Crippen molar-refractivity contribution in [1.82, 2.24) is 10.0 Å². The van der Waals surface area contributed by atoms with Crippen molar-refractivity contribution < 1.29 is 8.42 Å². The Morgan fingerprint density at radius 1 is 1.25 bits per heavy atom. The van der Waals surface area contributed by atoms with Crippen LogP contribution in [0.15, 0.2) is 27.8 Å². The summed E-state index contributed by atoms with van der Waals surface area (Å²) >= 11 is 3.03. The molecule has 0 spiro atoms. The van der Waals surface area contributed by atoms with E-state index in [0.717, 1.165) is 21.9 Å². The molecule has 0 aromatic carbocycles. The lowest BCUT2D eigenvalue weighted by Crippen LogP contribution is -2.22. The standard InChI is InChI=1S/C13H18N2O2S3/c1-3-14-7-11-6-12(9-19-11)20(16,17)15-8-13-10(2)4-5-18-13/h4-6,9,14-15H,3,7-8H2,1-2H3. The lowest BCUT2D eigenvalue weighted by atomic mass is 10.3. The van der Waals surface area contributed by atoms with Crippen molar-refractivity contribution >= 4 is 32.7 Å². The van der Waals surface area contributed by atoms with Gasteiger partial charge in [0.05, 0.1) is 4.90 Å². The van der Waals surface area contributed by atoms with Gasteiger partial charge >= 0.3 is 0 Å². The van der Waals surface area contributed by atoms with E-state index >= 15 is 0 Å². The molecule has 0 saturated carbocycles. The number of thiophene rings is 2. The highest BCUT2D eigenvalue weighted by atomic mass is 32.2. The van der Waals surface area contributed by atoms with Crippen LogP contribution in [-0.4, -0.2) is 15.0 Å². The molecule has 0 radical (unpaired) electrons. The lowest BCUT2D eigenvalue weighted by molar-refractivity contribution is 0.582. The highest BCUT2D eigenvalue weighted by Gasteiger charge is 2.16. The van der Waals surface area contributed by atoms with Gasteiger partial charge in [-0.3, -0.25) is 0 Å². The van der Waals surface area contributed by atoms with Gasteiger partial charge in [-0.2, -0.15) is 0 Å². The summed E-state index contributed by atoms with van der Waals surface area (Å²) in [6.45, 7) is 5.94. The molecule has 0 atom stereocenters. The minimum atomic E-state index is -3.42. The number of aryl methyl sites for hydroxylation is 1. The van der Waals surface area contributed by atoms with Gasteiger partial charge < -0.3 is 5.32 Å². The first-order valence-electron chi connectivity index (χ1n) is 6.33. The summed E-state index contributed by atoms with van der Waals surface area (Å²) in [6, 6.07) is 3.73. The maximum Gasteiger partial charge on any atom is 0.241 e. The SMILES string of the molecule is CCNCc1cc(S(=O)(=O)NCc2sccc2C)cs1. The Morgan fingerprint density at radius 2 is 2.05 bits per heavy atom. The highest BCUT2D eigenvalue weighted by Crippen LogP contribution is 2.20. The molecule has 7 heteroatoms. The first-order chi connectivity index (χ1) is 9.53. The quantitative estimate of drug-likeness (QED) is 0.821. The summed E-state index contributed by atoms with van der Waals surface area (Å²) in [6.07, 6.45) is 0. The molecule has 0 amide bonds. The molecule has 2 aromatic rings. The summed E-state index contributed by atoms with van der Waals surface area (Å²) in [4.78, 5) is 2.43.